The van der Waals surface area contributed by atoms with Gasteiger partial charge < -0.3 is 5.32 Å². The van der Waals surface area contributed by atoms with E-state index >= 15 is 0 Å². The van der Waals surface area contributed by atoms with E-state index in [0.29, 0.717) is 6.04 Å². The van der Waals surface area contributed by atoms with Gasteiger partial charge in [-0.05, 0) is 43.4 Å². The van der Waals surface area contributed by atoms with E-state index < -0.39 is 0 Å². The standard InChI is InChI=1S/C17H27N/c1-3-4-6-14-9-11-16(12-10-14)17(18-2)13-15-7-5-8-15/h9-12,15,17-18H,3-8,13H2,1-2H3. The number of unbranched alkanes of at least 4 members (excludes halogenated alkanes) is 1. The van der Waals surface area contributed by atoms with E-state index in [0.717, 1.165) is 5.92 Å². The predicted molar refractivity (Wildman–Crippen MR) is 78.8 cm³/mol. The summed E-state index contributed by atoms with van der Waals surface area (Å²) in [7, 11) is 2.09. The van der Waals surface area contributed by atoms with Gasteiger partial charge in [-0.3, -0.25) is 0 Å². The van der Waals surface area contributed by atoms with Gasteiger partial charge in [0, 0.05) is 6.04 Å². The van der Waals surface area contributed by atoms with Crippen LogP contribution in [-0.4, -0.2) is 7.05 Å². The van der Waals surface area contributed by atoms with Gasteiger partial charge in [-0.2, -0.15) is 0 Å². The Morgan fingerprint density at radius 3 is 2.44 bits per heavy atom. The summed E-state index contributed by atoms with van der Waals surface area (Å²) in [5.41, 5.74) is 2.95. The SMILES string of the molecule is CCCCc1ccc(C(CC2CCC2)NC)cc1. The molecule has 18 heavy (non-hydrogen) atoms. The maximum atomic E-state index is 3.48. The van der Waals surface area contributed by atoms with Crippen LogP contribution in [0.3, 0.4) is 0 Å². The average Bonchev–Trinajstić information content (AvgIpc) is 2.36. The monoisotopic (exact) mass is 245 g/mol. The fraction of sp³-hybridized carbons (Fsp3) is 0.647. The predicted octanol–water partition coefficient (Wildman–Crippen LogP) is 4.48. The molecule has 0 amide bonds. The van der Waals surface area contributed by atoms with Crippen LogP contribution in [0.2, 0.25) is 0 Å². The van der Waals surface area contributed by atoms with Gasteiger partial charge in [0.25, 0.3) is 0 Å². The van der Waals surface area contributed by atoms with Crippen molar-refractivity contribution in [2.45, 2.75) is 57.9 Å². The van der Waals surface area contributed by atoms with E-state index in [1.807, 2.05) is 0 Å². The highest BCUT2D eigenvalue weighted by atomic mass is 14.9. The highest BCUT2D eigenvalue weighted by molar-refractivity contribution is 5.25. The molecule has 0 aromatic heterocycles. The lowest BCUT2D eigenvalue weighted by Crippen LogP contribution is -2.23. The fourth-order valence-corrected chi connectivity index (χ4v) is 2.78. The smallest absolute Gasteiger partial charge is 0.0320 e. The number of hydrogen-bond donors (Lipinski definition) is 1. The third kappa shape index (κ3) is 3.58. The van der Waals surface area contributed by atoms with Crippen molar-refractivity contribution in [2.24, 2.45) is 5.92 Å². The Balaban J connectivity index is 1.92. The molecule has 0 aliphatic heterocycles. The molecule has 1 unspecified atom stereocenters. The summed E-state index contributed by atoms with van der Waals surface area (Å²) < 4.78 is 0. The first-order valence-electron chi connectivity index (χ1n) is 7.59. The first-order valence-corrected chi connectivity index (χ1v) is 7.59. The van der Waals surface area contributed by atoms with Crippen molar-refractivity contribution < 1.29 is 0 Å². The molecular formula is C17H27N. The van der Waals surface area contributed by atoms with Gasteiger partial charge in [0.2, 0.25) is 0 Å². The number of benzene rings is 1. The van der Waals surface area contributed by atoms with Crippen LogP contribution in [0.15, 0.2) is 24.3 Å². The van der Waals surface area contributed by atoms with Crippen LogP contribution in [0, 0.1) is 5.92 Å². The van der Waals surface area contributed by atoms with Crippen LogP contribution in [0.25, 0.3) is 0 Å². The Hall–Kier alpha value is -0.820. The van der Waals surface area contributed by atoms with E-state index in [1.165, 1.54) is 56.1 Å². The second-order valence-corrected chi connectivity index (χ2v) is 5.72. The summed E-state index contributed by atoms with van der Waals surface area (Å²) in [6, 6.07) is 9.83. The summed E-state index contributed by atoms with van der Waals surface area (Å²) >= 11 is 0. The zero-order valence-corrected chi connectivity index (χ0v) is 11.9. The Kier molecular flexibility index (Phi) is 5.25. The molecule has 1 fully saturated rings. The van der Waals surface area contributed by atoms with Crippen LogP contribution in [0.4, 0.5) is 0 Å². The molecule has 0 heterocycles. The lowest BCUT2D eigenvalue weighted by atomic mass is 9.79. The summed E-state index contributed by atoms with van der Waals surface area (Å²) in [6.45, 7) is 2.25. The van der Waals surface area contributed by atoms with Crippen molar-refractivity contribution in [2.75, 3.05) is 7.05 Å². The molecule has 1 aromatic rings. The highest BCUT2D eigenvalue weighted by Gasteiger charge is 2.22. The van der Waals surface area contributed by atoms with Crippen LogP contribution in [0.5, 0.6) is 0 Å². The third-order valence-corrected chi connectivity index (χ3v) is 4.34. The van der Waals surface area contributed by atoms with E-state index in [9.17, 15) is 0 Å². The van der Waals surface area contributed by atoms with Gasteiger partial charge in [0.15, 0.2) is 0 Å². The van der Waals surface area contributed by atoms with Gasteiger partial charge in [-0.1, -0.05) is 56.9 Å². The van der Waals surface area contributed by atoms with Crippen molar-refractivity contribution in [3.05, 3.63) is 35.4 Å². The molecule has 0 spiro atoms. The molecule has 1 aliphatic carbocycles. The Morgan fingerprint density at radius 2 is 1.94 bits per heavy atom. The molecule has 0 radical (unpaired) electrons. The fourth-order valence-electron chi connectivity index (χ4n) is 2.78. The van der Waals surface area contributed by atoms with E-state index in [-0.39, 0.29) is 0 Å². The molecule has 1 nitrogen and oxygen atoms in total. The molecule has 1 N–H and O–H groups in total. The second-order valence-electron chi connectivity index (χ2n) is 5.72. The number of aryl methyl sites for hydroxylation is 1. The molecule has 0 saturated heterocycles. The van der Waals surface area contributed by atoms with Crippen LogP contribution >= 0.6 is 0 Å². The maximum absolute atomic E-state index is 3.48. The van der Waals surface area contributed by atoms with Crippen LogP contribution < -0.4 is 5.32 Å². The van der Waals surface area contributed by atoms with Gasteiger partial charge in [-0.15, -0.1) is 0 Å². The number of nitrogens with one attached hydrogen (secondary N) is 1. The normalized spacial score (nSPS) is 17.4. The molecule has 0 bridgehead atoms. The first-order chi connectivity index (χ1) is 8.83. The zero-order valence-electron chi connectivity index (χ0n) is 11.9. The van der Waals surface area contributed by atoms with Gasteiger partial charge >= 0.3 is 0 Å². The summed E-state index contributed by atoms with van der Waals surface area (Å²) in [5, 5.41) is 3.48. The lowest BCUT2D eigenvalue weighted by molar-refractivity contribution is 0.265. The van der Waals surface area contributed by atoms with E-state index in [1.54, 1.807) is 0 Å². The van der Waals surface area contributed by atoms with Crippen LogP contribution in [0.1, 0.15) is 62.6 Å². The number of hydrogen-bond acceptors (Lipinski definition) is 1. The molecule has 1 atom stereocenters. The molecule has 1 aromatic carbocycles. The second kappa shape index (κ2) is 6.94. The average molecular weight is 245 g/mol. The van der Waals surface area contributed by atoms with Crippen molar-refractivity contribution >= 4 is 0 Å². The quantitative estimate of drug-likeness (QED) is 0.747. The molecule has 1 aliphatic rings. The van der Waals surface area contributed by atoms with Gasteiger partial charge in [0.05, 0.1) is 0 Å². The van der Waals surface area contributed by atoms with Gasteiger partial charge in [-0.25, -0.2) is 0 Å². The summed E-state index contributed by atoms with van der Waals surface area (Å²) in [6.07, 6.45) is 9.43. The van der Waals surface area contributed by atoms with E-state index in [4.69, 9.17) is 0 Å². The molecule has 1 heteroatoms. The minimum atomic E-state index is 0.551. The largest absolute Gasteiger partial charge is 0.313 e. The molecule has 2 rings (SSSR count). The summed E-state index contributed by atoms with van der Waals surface area (Å²) in [4.78, 5) is 0. The Morgan fingerprint density at radius 1 is 1.22 bits per heavy atom. The topological polar surface area (TPSA) is 12.0 Å². The van der Waals surface area contributed by atoms with Crippen molar-refractivity contribution in [1.82, 2.24) is 5.32 Å². The lowest BCUT2D eigenvalue weighted by Gasteiger charge is -2.29. The van der Waals surface area contributed by atoms with E-state index in [2.05, 4.69) is 43.6 Å². The number of rotatable bonds is 7. The maximum Gasteiger partial charge on any atom is 0.0320 e. The minimum Gasteiger partial charge on any atom is -0.313 e. The first kappa shape index (κ1) is 13.6. The Labute approximate surface area is 112 Å². The molecular weight excluding hydrogens is 218 g/mol. The third-order valence-electron chi connectivity index (χ3n) is 4.34. The molecule has 100 valence electrons. The van der Waals surface area contributed by atoms with Crippen molar-refractivity contribution in [3.8, 4) is 0 Å². The minimum absolute atomic E-state index is 0.551. The highest BCUT2D eigenvalue weighted by Crippen LogP contribution is 2.34. The molecule has 1 saturated carbocycles. The van der Waals surface area contributed by atoms with Crippen LogP contribution in [-0.2, 0) is 6.42 Å². The summed E-state index contributed by atoms with van der Waals surface area (Å²) in [5.74, 6) is 0.960. The Bertz CT molecular complexity index is 337. The van der Waals surface area contributed by atoms with Gasteiger partial charge in [0.1, 0.15) is 0 Å². The zero-order chi connectivity index (χ0) is 12.8. The van der Waals surface area contributed by atoms with Crippen molar-refractivity contribution in [1.29, 1.82) is 0 Å². The van der Waals surface area contributed by atoms with Crippen molar-refractivity contribution in [3.63, 3.8) is 0 Å².